The summed E-state index contributed by atoms with van der Waals surface area (Å²) in [6.07, 6.45) is 1.83. The van der Waals surface area contributed by atoms with E-state index in [4.69, 9.17) is 5.73 Å². The van der Waals surface area contributed by atoms with Gasteiger partial charge in [-0.3, -0.25) is 9.89 Å². The lowest BCUT2D eigenvalue weighted by atomic mass is 10.0. The van der Waals surface area contributed by atoms with Crippen molar-refractivity contribution in [3.05, 3.63) is 42.6 Å². The summed E-state index contributed by atoms with van der Waals surface area (Å²) in [6.45, 7) is 1.88. The van der Waals surface area contributed by atoms with Crippen LogP contribution in [0.2, 0.25) is 0 Å². The van der Waals surface area contributed by atoms with Crippen LogP contribution in [0.15, 0.2) is 42.6 Å². The highest BCUT2D eigenvalue weighted by Gasteiger charge is 2.22. The first-order valence-electron chi connectivity index (χ1n) is 7.94. The van der Waals surface area contributed by atoms with Crippen LogP contribution in [0, 0.1) is 0 Å². The van der Waals surface area contributed by atoms with Crippen molar-refractivity contribution in [3.63, 3.8) is 0 Å². The first-order chi connectivity index (χ1) is 11.6. The predicted octanol–water partition coefficient (Wildman–Crippen LogP) is 2.09. The molecule has 0 unspecified atom stereocenters. The fourth-order valence-corrected chi connectivity index (χ4v) is 3.19. The van der Waals surface area contributed by atoms with Crippen molar-refractivity contribution in [2.75, 3.05) is 37.3 Å². The Morgan fingerprint density at radius 2 is 2.08 bits per heavy atom. The van der Waals surface area contributed by atoms with Gasteiger partial charge in [-0.15, -0.1) is 0 Å². The Hall–Kier alpha value is -3.02. The Kier molecular flexibility index (Phi) is 3.37. The molecule has 2 aromatic carbocycles. The van der Waals surface area contributed by atoms with E-state index in [0.29, 0.717) is 18.8 Å². The normalized spacial score (nSPS) is 15.3. The van der Waals surface area contributed by atoms with Gasteiger partial charge in [0.25, 0.3) is 0 Å². The second-order valence-electron chi connectivity index (χ2n) is 6.15. The maximum Gasteiger partial charge on any atom is 0.241 e. The van der Waals surface area contributed by atoms with Gasteiger partial charge in [0, 0.05) is 25.5 Å². The molecule has 1 aliphatic rings. The first-order valence-corrected chi connectivity index (χ1v) is 7.94. The molecule has 0 bridgehead atoms. The number of likely N-dealkylation sites (N-methyl/N-ethyl adjacent to an activating group) is 1. The van der Waals surface area contributed by atoms with Crippen LogP contribution in [-0.4, -0.2) is 47.7 Å². The van der Waals surface area contributed by atoms with Gasteiger partial charge in [0.1, 0.15) is 0 Å². The molecule has 1 aliphatic heterocycles. The van der Waals surface area contributed by atoms with Crippen molar-refractivity contribution in [3.8, 4) is 11.1 Å². The Balaban J connectivity index is 1.70. The summed E-state index contributed by atoms with van der Waals surface area (Å²) >= 11 is 0. The van der Waals surface area contributed by atoms with Gasteiger partial charge in [-0.25, -0.2) is 0 Å². The van der Waals surface area contributed by atoms with Crippen molar-refractivity contribution in [1.82, 2.24) is 15.1 Å². The molecule has 2 heterocycles. The number of fused-ring (bicyclic) bond motifs is 1. The quantitative estimate of drug-likeness (QED) is 0.709. The SMILES string of the molecule is CN1CCN(c2ccc(-c3cccc4[nH]ncc34)cc2N)CC1=O. The summed E-state index contributed by atoms with van der Waals surface area (Å²) in [5.41, 5.74) is 11.0. The van der Waals surface area contributed by atoms with Crippen LogP contribution in [0.3, 0.4) is 0 Å². The van der Waals surface area contributed by atoms with Gasteiger partial charge in [-0.1, -0.05) is 18.2 Å². The predicted molar refractivity (Wildman–Crippen MR) is 95.8 cm³/mol. The molecule has 0 aliphatic carbocycles. The van der Waals surface area contributed by atoms with Gasteiger partial charge in [0.2, 0.25) is 5.91 Å². The van der Waals surface area contributed by atoms with Gasteiger partial charge >= 0.3 is 0 Å². The number of aromatic nitrogens is 2. The van der Waals surface area contributed by atoms with Crippen LogP contribution in [0.4, 0.5) is 11.4 Å². The summed E-state index contributed by atoms with van der Waals surface area (Å²) in [4.78, 5) is 15.7. The molecular formula is C18H19N5O. The fourth-order valence-electron chi connectivity index (χ4n) is 3.19. The van der Waals surface area contributed by atoms with Crippen molar-refractivity contribution in [2.24, 2.45) is 0 Å². The van der Waals surface area contributed by atoms with Gasteiger partial charge in [-0.2, -0.15) is 5.10 Å². The van der Waals surface area contributed by atoms with E-state index >= 15 is 0 Å². The number of hydrogen-bond acceptors (Lipinski definition) is 4. The van der Waals surface area contributed by atoms with Gasteiger partial charge in [-0.05, 0) is 29.3 Å². The molecular weight excluding hydrogens is 302 g/mol. The molecule has 1 amide bonds. The number of H-pyrrole nitrogens is 1. The molecule has 4 rings (SSSR count). The summed E-state index contributed by atoms with van der Waals surface area (Å²) in [7, 11) is 1.83. The summed E-state index contributed by atoms with van der Waals surface area (Å²) in [5, 5.41) is 8.16. The highest BCUT2D eigenvalue weighted by Crippen LogP contribution is 2.33. The Morgan fingerprint density at radius 3 is 2.88 bits per heavy atom. The summed E-state index contributed by atoms with van der Waals surface area (Å²) < 4.78 is 0. The molecule has 0 radical (unpaired) electrons. The summed E-state index contributed by atoms with van der Waals surface area (Å²) in [5.74, 6) is 0.118. The molecule has 1 aromatic heterocycles. The monoisotopic (exact) mass is 321 g/mol. The van der Waals surface area contributed by atoms with Crippen molar-refractivity contribution < 1.29 is 4.79 Å². The third kappa shape index (κ3) is 2.36. The maximum atomic E-state index is 11.9. The number of piperazine rings is 1. The van der Waals surface area contributed by atoms with Crippen molar-refractivity contribution >= 4 is 28.2 Å². The smallest absolute Gasteiger partial charge is 0.241 e. The molecule has 3 aromatic rings. The van der Waals surface area contributed by atoms with E-state index in [9.17, 15) is 4.79 Å². The fraction of sp³-hybridized carbons (Fsp3) is 0.222. The molecule has 1 fully saturated rings. The van der Waals surface area contributed by atoms with E-state index in [1.165, 1.54) is 0 Å². The third-order valence-electron chi connectivity index (χ3n) is 4.62. The Bertz CT molecular complexity index is 917. The van der Waals surface area contributed by atoms with Crippen molar-refractivity contribution in [1.29, 1.82) is 0 Å². The van der Waals surface area contributed by atoms with Crippen LogP contribution in [0.1, 0.15) is 0 Å². The second-order valence-corrected chi connectivity index (χ2v) is 6.15. The van der Waals surface area contributed by atoms with Gasteiger partial charge in [0.15, 0.2) is 0 Å². The number of amides is 1. The number of anilines is 2. The third-order valence-corrected chi connectivity index (χ3v) is 4.62. The summed E-state index contributed by atoms with van der Waals surface area (Å²) in [6, 6.07) is 12.1. The standard InChI is InChI=1S/C18H19N5O/c1-22-7-8-23(11-18(22)24)17-6-5-12(9-15(17)19)13-3-2-4-16-14(13)10-20-21-16/h2-6,9-10H,7-8,11,19H2,1H3,(H,20,21). The molecule has 6 heteroatoms. The molecule has 1 saturated heterocycles. The topological polar surface area (TPSA) is 78.2 Å². The average Bonchev–Trinajstić information content (AvgIpc) is 3.06. The zero-order chi connectivity index (χ0) is 16.7. The highest BCUT2D eigenvalue weighted by molar-refractivity contribution is 5.95. The molecule has 122 valence electrons. The van der Waals surface area contributed by atoms with E-state index in [2.05, 4.69) is 22.3 Å². The van der Waals surface area contributed by atoms with Crippen LogP contribution >= 0.6 is 0 Å². The largest absolute Gasteiger partial charge is 0.397 e. The molecule has 0 saturated carbocycles. The Labute approximate surface area is 139 Å². The van der Waals surface area contributed by atoms with Crippen molar-refractivity contribution in [2.45, 2.75) is 0 Å². The molecule has 0 spiro atoms. The van der Waals surface area contributed by atoms with Crippen LogP contribution in [0.25, 0.3) is 22.0 Å². The average molecular weight is 321 g/mol. The number of rotatable bonds is 2. The maximum absolute atomic E-state index is 11.9. The number of nitrogen functional groups attached to an aromatic ring is 1. The molecule has 0 atom stereocenters. The van der Waals surface area contributed by atoms with E-state index < -0.39 is 0 Å². The minimum absolute atomic E-state index is 0.118. The van der Waals surface area contributed by atoms with Crippen LogP contribution < -0.4 is 10.6 Å². The molecule has 24 heavy (non-hydrogen) atoms. The Morgan fingerprint density at radius 1 is 1.21 bits per heavy atom. The molecule has 3 N–H and O–H groups in total. The molecule has 6 nitrogen and oxygen atoms in total. The van der Waals surface area contributed by atoms with E-state index in [0.717, 1.165) is 34.3 Å². The lowest BCUT2D eigenvalue weighted by Crippen LogP contribution is -2.48. The van der Waals surface area contributed by atoms with Gasteiger partial charge < -0.3 is 15.5 Å². The highest BCUT2D eigenvalue weighted by atomic mass is 16.2. The van der Waals surface area contributed by atoms with Crippen LogP contribution in [0.5, 0.6) is 0 Å². The minimum atomic E-state index is 0.118. The first kappa shape index (κ1) is 14.6. The number of nitrogens with zero attached hydrogens (tertiary/aromatic N) is 3. The van der Waals surface area contributed by atoms with Gasteiger partial charge in [0.05, 0.1) is 29.6 Å². The number of hydrogen-bond donors (Lipinski definition) is 2. The zero-order valence-electron chi connectivity index (χ0n) is 13.5. The lowest BCUT2D eigenvalue weighted by molar-refractivity contribution is -0.129. The number of carbonyl (C=O) groups is 1. The number of nitrogens with two attached hydrogens (primary N) is 1. The zero-order valence-corrected chi connectivity index (χ0v) is 13.5. The van der Waals surface area contributed by atoms with E-state index in [1.807, 2.05) is 42.4 Å². The second kappa shape index (κ2) is 5.56. The lowest BCUT2D eigenvalue weighted by Gasteiger charge is -2.34. The van der Waals surface area contributed by atoms with E-state index in [1.54, 1.807) is 4.90 Å². The van der Waals surface area contributed by atoms with E-state index in [-0.39, 0.29) is 5.91 Å². The number of nitrogens with one attached hydrogen (secondary N) is 1. The number of carbonyl (C=O) groups excluding carboxylic acids is 1. The number of benzene rings is 2. The van der Waals surface area contributed by atoms with Crippen LogP contribution in [-0.2, 0) is 4.79 Å². The number of aromatic amines is 1. The minimum Gasteiger partial charge on any atom is -0.397 e.